The van der Waals surface area contributed by atoms with Crippen LogP contribution in [0.4, 0.5) is 0 Å². The molecular formula is C14H8ClN4O4-. The first-order valence-electron chi connectivity index (χ1n) is 6.47. The molecule has 0 spiro atoms. The molecule has 0 radical (unpaired) electrons. The predicted molar refractivity (Wildman–Crippen MR) is 79.5 cm³/mol. The van der Waals surface area contributed by atoms with Gasteiger partial charge >= 0.3 is 0 Å². The number of hydrogen-bond acceptors (Lipinski definition) is 5. The average Bonchev–Trinajstić information content (AvgIpc) is 2.89. The molecule has 2 atom stereocenters. The van der Waals surface area contributed by atoms with Crippen molar-refractivity contribution < 1.29 is 14.8 Å². The van der Waals surface area contributed by atoms with Crippen LogP contribution in [0.2, 0.25) is 5.02 Å². The number of nitro groups is 1. The van der Waals surface area contributed by atoms with Crippen molar-refractivity contribution in [3.63, 3.8) is 0 Å². The lowest BCUT2D eigenvalue weighted by atomic mass is 9.81. The van der Waals surface area contributed by atoms with E-state index >= 15 is 0 Å². The Kier molecular flexibility index (Phi) is 3.64. The molecule has 0 saturated heterocycles. The number of halogens is 1. The van der Waals surface area contributed by atoms with Gasteiger partial charge < -0.3 is 10.4 Å². The number of allylic oxidation sites excluding steroid dienone is 2. The van der Waals surface area contributed by atoms with E-state index in [9.17, 15) is 20.6 Å². The number of fused-ring (bicyclic) bond motifs is 1. The summed E-state index contributed by atoms with van der Waals surface area (Å²) in [5.41, 5.74) is 3.40. The van der Waals surface area contributed by atoms with Gasteiger partial charge in [0.1, 0.15) is 0 Å². The van der Waals surface area contributed by atoms with Crippen LogP contribution in [0.5, 0.6) is 0 Å². The average molecular weight is 332 g/mol. The van der Waals surface area contributed by atoms with Gasteiger partial charge in [-0.15, -0.1) is 0 Å². The zero-order valence-corrected chi connectivity index (χ0v) is 12.2. The highest BCUT2D eigenvalue weighted by atomic mass is 35.5. The van der Waals surface area contributed by atoms with Gasteiger partial charge in [-0.05, 0) is 17.7 Å². The molecular weight excluding hydrogens is 324 g/mol. The van der Waals surface area contributed by atoms with E-state index in [2.05, 4.69) is 16.5 Å². The smallest absolute Gasteiger partial charge is 0.258 e. The summed E-state index contributed by atoms with van der Waals surface area (Å²) in [5.74, 6) is -1.73. The zero-order chi connectivity index (χ0) is 16.6. The van der Waals surface area contributed by atoms with E-state index in [1.54, 1.807) is 24.3 Å². The van der Waals surface area contributed by atoms with Crippen molar-refractivity contribution in [2.75, 3.05) is 0 Å². The summed E-state index contributed by atoms with van der Waals surface area (Å²) in [6, 6.07) is 8.60. The van der Waals surface area contributed by atoms with E-state index in [1.165, 1.54) is 12.2 Å². The molecule has 1 aromatic carbocycles. The van der Waals surface area contributed by atoms with Crippen LogP contribution in [0.25, 0.3) is 5.48 Å². The van der Waals surface area contributed by atoms with E-state index in [4.69, 9.17) is 11.6 Å². The second-order valence-electron chi connectivity index (χ2n) is 4.85. The molecule has 8 nitrogen and oxygen atoms in total. The Morgan fingerprint density at radius 2 is 2.30 bits per heavy atom. The van der Waals surface area contributed by atoms with Crippen LogP contribution in [0.3, 0.4) is 0 Å². The van der Waals surface area contributed by atoms with Crippen LogP contribution in [-0.2, 0) is 4.94 Å². The lowest BCUT2D eigenvalue weighted by molar-refractivity contribution is -0.717. The number of benzene rings is 1. The first-order valence-corrected chi connectivity index (χ1v) is 6.85. The molecule has 0 fully saturated rings. The molecule has 2 unspecified atom stereocenters. The third-order valence-electron chi connectivity index (χ3n) is 3.57. The molecule has 0 aromatic heterocycles. The summed E-state index contributed by atoms with van der Waals surface area (Å²) >= 11 is 5.93. The Labute approximate surface area is 135 Å². The molecule has 116 valence electrons. The Morgan fingerprint density at radius 1 is 1.52 bits per heavy atom. The monoisotopic (exact) mass is 331 g/mol. The van der Waals surface area contributed by atoms with Crippen molar-refractivity contribution >= 4 is 17.3 Å². The summed E-state index contributed by atoms with van der Waals surface area (Å²) < 4.78 is 0. The minimum Gasteiger partial charge on any atom is -0.567 e. The molecule has 3 rings (SSSR count). The number of nitrogens with zero attached hydrogens (tertiary/aromatic N) is 4. The van der Waals surface area contributed by atoms with Gasteiger partial charge in [-0.3, -0.25) is 15.3 Å². The third-order valence-corrected chi connectivity index (χ3v) is 3.80. The molecule has 9 heteroatoms. The molecule has 2 aliphatic rings. The summed E-state index contributed by atoms with van der Waals surface area (Å²) in [5, 5.41) is 32.8. The van der Waals surface area contributed by atoms with Gasteiger partial charge in [0.05, 0.1) is 22.8 Å². The van der Waals surface area contributed by atoms with Gasteiger partial charge in [0, 0.05) is 21.7 Å². The second-order valence-corrected chi connectivity index (χ2v) is 5.29. The SMILES string of the molecule is N#CC(c1cccc(Cl)c1)C1C=CC2=[N+]([O-])O[N-]C2=C1[N+](=O)[O-]. The first-order chi connectivity index (χ1) is 11.0. The van der Waals surface area contributed by atoms with Gasteiger partial charge in [0.25, 0.3) is 5.71 Å². The number of rotatable bonds is 3. The summed E-state index contributed by atoms with van der Waals surface area (Å²) in [6.45, 7) is 0. The van der Waals surface area contributed by atoms with E-state index in [0.29, 0.717) is 10.6 Å². The highest BCUT2D eigenvalue weighted by Gasteiger charge is 2.39. The third kappa shape index (κ3) is 2.47. The number of hydrogen-bond donors (Lipinski definition) is 0. The quantitative estimate of drug-likeness (QED) is 0.479. The fourth-order valence-corrected chi connectivity index (χ4v) is 2.75. The van der Waals surface area contributed by atoms with Gasteiger partial charge in [-0.2, -0.15) is 5.26 Å². The second kappa shape index (κ2) is 5.62. The maximum absolute atomic E-state index is 11.5. The highest BCUT2D eigenvalue weighted by molar-refractivity contribution is 6.30. The van der Waals surface area contributed by atoms with Crippen LogP contribution in [0.15, 0.2) is 47.8 Å². The van der Waals surface area contributed by atoms with E-state index in [0.717, 1.165) is 0 Å². The molecule has 23 heavy (non-hydrogen) atoms. The molecule has 0 bridgehead atoms. The van der Waals surface area contributed by atoms with E-state index in [1.807, 2.05) is 0 Å². The maximum Gasteiger partial charge on any atom is 0.258 e. The molecule has 0 amide bonds. The minimum absolute atomic E-state index is 0.0595. The van der Waals surface area contributed by atoms with Crippen molar-refractivity contribution in [1.29, 1.82) is 5.26 Å². The molecule has 1 aliphatic heterocycles. The van der Waals surface area contributed by atoms with Crippen LogP contribution >= 0.6 is 11.6 Å². The van der Waals surface area contributed by atoms with Crippen molar-refractivity contribution in [3.8, 4) is 6.07 Å². The van der Waals surface area contributed by atoms with Crippen molar-refractivity contribution in [1.82, 2.24) is 0 Å². The first kappa shape index (κ1) is 14.9. The van der Waals surface area contributed by atoms with Gasteiger partial charge in [-0.25, -0.2) is 0 Å². The minimum atomic E-state index is -0.883. The van der Waals surface area contributed by atoms with Crippen LogP contribution < -0.4 is 0 Å². The summed E-state index contributed by atoms with van der Waals surface area (Å²) in [6.07, 6.45) is 2.80. The zero-order valence-electron chi connectivity index (χ0n) is 11.4. The Bertz CT molecular complexity index is 824. The van der Waals surface area contributed by atoms with Gasteiger partial charge in [-0.1, -0.05) is 29.8 Å². The van der Waals surface area contributed by atoms with Crippen molar-refractivity contribution in [2.45, 2.75) is 5.92 Å². The lowest BCUT2D eigenvalue weighted by Gasteiger charge is -2.23. The Hall–Kier alpha value is -3.05. The highest BCUT2D eigenvalue weighted by Crippen LogP contribution is 2.39. The maximum atomic E-state index is 11.5. The van der Waals surface area contributed by atoms with Crippen LogP contribution in [0, 0.1) is 32.6 Å². The topological polar surface area (TPSA) is 116 Å². The summed E-state index contributed by atoms with van der Waals surface area (Å²) in [4.78, 5) is 15.3. The fraction of sp³-hybridized carbons (Fsp3) is 0.143. The van der Waals surface area contributed by atoms with Crippen LogP contribution in [0.1, 0.15) is 11.5 Å². The Morgan fingerprint density at radius 3 is 2.96 bits per heavy atom. The molecule has 1 aliphatic carbocycles. The van der Waals surface area contributed by atoms with Crippen LogP contribution in [-0.4, -0.2) is 15.5 Å². The number of nitriles is 1. The lowest BCUT2D eigenvalue weighted by Crippen LogP contribution is -2.24. The molecule has 0 saturated carbocycles. The molecule has 1 heterocycles. The normalized spacial score (nSPS) is 20.4. The van der Waals surface area contributed by atoms with Gasteiger partial charge in [0.15, 0.2) is 0 Å². The Balaban J connectivity index is 2.10. The standard InChI is InChI=1S/C14H8ClN4O4/c15-9-3-1-2-8(6-9)11(7-16)10-4-5-12-13(14(10)18(20)21)17-23-19(12)22/h1-6,10-11H/q-1. The van der Waals surface area contributed by atoms with Crippen molar-refractivity contribution in [2.24, 2.45) is 5.92 Å². The van der Waals surface area contributed by atoms with Gasteiger partial charge in [0.2, 0.25) is 5.70 Å². The van der Waals surface area contributed by atoms with E-state index < -0.39 is 16.8 Å². The largest absolute Gasteiger partial charge is 0.567 e. The number of hydroxylamine groups is 1. The molecule has 1 aromatic rings. The molecule has 0 N–H and O–H groups in total. The van der Waals surface area contributed by atoms with E-state index in [-0.39, 0.29) is 22.0 Å². The predicted octanol–water partition coefficient (Wildman–Crippen LogP) is 2.81. The summed E-state index contributed by atoms with van der Waals surface area (Å²) in [7, 11) is 0. The fourth-order valence-electron chi connectivity index (χ4n) is 2.56. The van der Waals surface area contributed by atoms with Crippen molar-refractivity contribution in [3.05, 3.63) is 79.2 Å².